The summed E-state index contributed by atoms with van der Waals surface area (Å²) in [5.74, 6) is 4.70. The number of nitrogens with zero attached hydrogens (tertiary/aromatic N) is 2. The van der Waals surface area contributed by atoms with Crippen LogP contribution in [0, 0.1) is 0 Å². The van der Waals surface area contributed by atoms with Crippen molar-refractivity contribution in [1.82, 2.24) is 15.3 Å². The summed E-state index contributed by atoms with van der Waals surface area (Å²) in [5.41, 5.74) is 9.11. The van der Waals surface area contributed by atoms with E-state index in [0.717, 1.165) is 31.7 Å². The molecule has 1 atom stereocenters. The zero-order chi connectivity index (χ0) is 12.3. The summed E-state index contributed by atoms with van der Waals surface area (Å²) in [7, 11) is 0. The van der Waals surface area contributed by atoms with Crippen molar-refractivity contribution < 1.29 is 4.79 Å². The Balaban J connectivity index is 2.03. The van der Waals surface area contributed by atoms with Gasteiger partial charge in [0.2, 0.25) is 0 Å². The van der Waals surface area contributed by atoms with Gasteiger partial charge in [-0.15, -0.1) is 0 Å². The number of pyridine rings is 1. The van der Waals surface area contributed by atoms with Crippen LogP contribution in [0.4, 0.5) is 0 Å². The van der Waals surface area contributed by atoms with Crippen LogP contribution < -0.4 is 17.0 Å². The molecule has 5 N–H and O–H groups in total. The normalized spacial score (nSPS) is 20.5. The lowest BCUT2D eigenvalue weighted by molar-refractivity contribution is 0.0948. The van der Waals surface area contributed by atoms with Crippen molar-refractivity contribution in [3.8, 4) is 0 Å². The molecule has 1 saturated heterocycles. The van der Waals surface area contributed by atoms with Crippen LogP contribution in [0.25, 0.3) is 0 Å². The first-order valence-electron chi connectivity index (χ1n) is 5.64. The number of nitrogens with one attached hydrogen (secondary N) is 1. The van der Waals surface area contributed by atoms with Crippen LogP contribution in [-0.2, 0) is 6.54 Å². The minimum Gasteiger partial charge on any atom is -0.326 e. The summed E-state index contributed by atoms with van der Waals surface area (Å²) in [6, 6.07) is 5.60. The Bertz CT molecular complexity index is 409. The SMILES string of the molecule is NNC(=O)c1cccc(CN2CCC(N)C2)n1. The van der Waals surface area contributed by atoms with Crippen molar-refractivity contribution in [1.29, 1.82) is 0 Å². The summed E-state index contributed by atoms with van der Waals surface area (Å²) in [6.07, 6.45) is 1.02. The number of hydrazine groups is 1. The van der Waals surface area contributed by atoms with Gasteiger partial charge < -0.3 is 5.73 Å². The second-order valence-corrected chi connectivity index (χ2v) is 4.27. The highest BCUT2D eigenvalue weighted by Crippen LogP contribution is 2.11. The summed E-state index contributed by atoms with van der Waals surface area (Å²) < 4.78 is 0. The molecule has 1 aromatic heterocycles. The van der Waals surface area contributed by atoms with Gasteiger partial charge in [0.1, 0.15) is 5.69 Å². The molecule has 1 aliphatic rings. The van der Waals surface area contributed by atoms with Gasteiger partial charge in [-0.25, -0.2) is 10.8 Å². The Morgan fingerprint density at radius 2 is 2.41 bits per heavy atom. The molecule has 1 unspecified atom stereocenters. The molecule has 6 heteroatoms. The van der Waals surface area contributed by atoms with Crippen LogP contribution in [-0.4, -0.2) is 34.9 Å². The standard InChI is InChI=1S/C11H17N5O/c12-8-4-5-16(6-8)7-9-2-1-3-10(14-9)11(17)15-13/h1-3,8H,4-7,12-13H2,(H,15,17). The minimum absolute atomic E-state index is 0.255. The van der Waals surface area contributed by atoms with E-state index in [1.54, 1.807) is 6.07 Å². The van der Waals surface area contributed by atoms with E-state index < -0.39 is 0 Å². The highest BCUT2D eigenvalue weighted by Gasteiger charge is 2.19. The molecule has 6 nitrogen and oxygen atoms in total. The first kappa shape index (κ1) is 12.0. The molecule has 0 spiro atoms. The van der Waals surface area contributed by atoms with E-state index in [1.807, 2.05) is 12.1 Å². The highest BCUT2D eigenvalue weighted by molar-refractivity contribution is 5.91. The first-order chi connectivity index (χ1) is 8.19. The predicted molar refractivity (Wildman–Crippen MR) is 63.8 cm³/mol. The number of rotatable bonds is 3. The zero-order valence-corrected chi connectivity index (χ0v) is 9.60. The van der Waals surface area contributed by atoms with Gasteiger partial charge in [0.25, 0.3) is 5.91 Å². The van der Waals surface area contributed by atoms with E-state index in [2.05, 4.69) is 15.3 Å². The molecule has 1 aliphatic heterocycles. The molecule has 2 rings (SSSR count). The fraction of sp³-hybridized carbons (Fsp3) is 0.455. The Hall–Kier alpha value is -1.50. The molecule has 0 saturated carbocycles. The molecule has 1 amide bonds. The van der Waals surface area contributed by atoms with Crippen molar-refractivity contribution in [3.63, 3.8) is 0 Å². The quantitative estimate of drug-likeness (QED) is 0.363. The molecule has 0 bridgehead atoms. The van der Waals surface area contributed by atoms with Crippen molar-refractivity contribution >= 4 is 5.91 Å². The monoisotopic (exact) mass is 235 g/mol. The van der Waals surface area contributed by atoms with Crippen molar-refractivity contribution in [3.05, 3.63) is 29.6 Å². The number of amides is 1. The lowest BCUT2D eigenvalue weighted by Crippen LogP contribution is -2.31. The Morgan fingerprint density at radius 1 is 1.59 bits per heavy atom. The lowest BCUT2D eigenvalue weighted by atomic mass is 10.3. The van der Waals surface area contributed by atoms with Gasteiger partial charge >= 0.3 is 0 Å². The third-order valence-electron chi connectivity index (χ3n) is 2.86. The Labute approximate surface area is 100.0 Å². The number of nitrogens with two attached hydrogens (primary N) is 2. The third kappa shape index (κ3) is 3.00. The second-order valence-electron chi connectivity index (χ2n) is 4.27. The van der Waals surface area contributed by atoms with E-state index in [0.29, 0.717) is 5.69 Å². The van der Waals surface area contributed by atoms with Gasteiger partial charge in [-0.05, 0) is 18.6 Å². The van der Waals surface area contributed by atoms with Gasteiger partial charge in [-0.2, -0.15) is 0 Å². The predicted octanol–water partition coefficient (Wildman–Crippen LogP) is -0.782. The van der Waals surface area contributed by atoms with E-state index in [-0.39, 0.29) is 11.9 Å². The summed E-state index contributed by atoms with van der Waals surface area (Å²) >= 11 is 0. The Kier molecular flexibility index (Phi) is 3.68. The maximum absolute atomic E-state index is 11.3. The number of nitrogen functional groups attached to an aromatic ring is 1. The van der Waals surface area contributed by atoms with E-state index in [4.69, 9.17) is 11.6 Å². The van der Waals surface area contributed by atoms with Gasteiger partial charge in [-0.3, -0.25) is 15.1 Å². The fourth-order valence-electron chi connectivity index (χ4n) is 2.00. The molecule has 0 aliphatic carbocycles. The summed E-state index contributed by atoms with van der Waals surface area (Å²) in [5, 5.41) is 0. The minimum atomic E-state index is -0.370. The molecule has 0 aromatic carbocycles. The van der Waals surface area contributed by atoms with E-state index in [1.165, 1.54) is 0 Å². The van der Waals surface area contributed by atoms with Crippen LogP contribution in [0.3, 0.4) is 0 Å². The largest absolute Gasteiger partial charge is 0.326 e. The topological polar surface area (TPSA) is 97.3 Å². The lowest BCUT2D eigenvalue weighted by Gasteiger charge is -2.14. The van der Waals surface area contributed by atoms with Crippen molar-refractivity contribution in [2.24, 2.45) is 11.6 Å². The average molecular weight is 235 g/mol. The van der Waals surface area contributed by atoms with Crippen molar-refractivity contribution in [2.75, 3.05) is 13.1 Å². The number of hydrogen-bond acceptors (Lipinski definition) is 5. The van der Waals surface area contributed by atoms with Gasteiger partial charge in [0.15, 0.2) is 0 Å². The van der Waals surface area contributed by atoms with Crippen LogP contribution in [0.1, 0.15) is 22.6 Å². The zero-order valence-electron chi connectivity index (χ0n) is 9.60. The van der Waals surface area contributed by atoms with Crippen LogP contribution in [0.2, 0.25) is 0 Å². The molecule has 17 heavy (non-hydrogen) atoms. The number of hydrogen-bond donors (Lipinski definition) is 3. The molecule has 0 radical (unpaired) electrons. The first-order valence-corrected chi connectivity index (χ1v) is 5.64. The van der Waals surface area contributed by atoms with Crippen LogP contribution in [0.5, 0.6) is 0 Å². The van der Waals surface area contributed by atoms with Crippen molar-refractivity contribution in [2.45, 2.75) is 19.0 Å². The number of carbonyl (C=O) groups is 1. The fourth-order valence-corrected chi connectivity index (χ4v) is 2.00. The van der Waals surface area contributed by atoms with E-state index >= 15 is 0 Å². The van der Waals surface area contributed by atoms with Crippen LogP contribution in [0.15, 0.2) is 18.2 Å². The molecular formula is C11H17N5O. The molecule has 2 heterocycles. The van der Waals surface area contributed by atoms with Crippen LogP contribution >= 0.6 is 0 Å². The summed E-state index contributed by atoms with van der Waals surface area (Å²) in [6.45, 7) is 2.59. The summed E-state index contributed by atoms with van der Waals surface area (Å²) in [4.78, 5) is 17.8. The second kappa shape index (κ2) is 5.22. The number of likely N-dealkylation sites (tertiary alicyclic amines) is 1. The molecule has 1 fully saturated rings. The molecule has 1 aromatic rings. The highest BCUT2D eigenvalue weighted by atomic mass is 16.2. The van der Waals surface area contributed by atoms with Gasteiger partial charge in [-0.1, -0.05) is 6.07 Å². The Morgan fingerprint density at radius 3 is 3.06 bits per heavy atom. The third-order valence-corrected chi connectivity index (χ3v) is 2.86. The van der Waals surface area contributed by atoms with Gasteiger partial charge in [0, 0.05) is 25.7 Å². The maximum atomic E-state index is 11.3. The average Bonchev–Trinajstić information content (AvgIpc) is 2.74. The molecule has 92 valence electrons. The van der Waals surface area contributed by atoms with E-state index in [9.17, 15) is 4.79 Å². The van der Waals surface area contributed by atoms with Gasteiger partial charge in [0.05, 0.1) is 5.69 Å². The molecular weight excluding hydrogens is 218 g/mol. The maximum Gasteiger partial charge on any atom is 0.283 e. The number of aromatic nitrogens is 1. The smallest absolute Gasteiger partial charge is 0.283 e. The number of carbonyl (C=O) groups excluding carboxylic acids is 1.